The lowest BCUT2D eigenvalue weighted by Crippen LogP contribution is -2.30. The maximum atomic E-state index is 12.9. The van der Waals surface area contributed by atoms with Gasteiger partial charge in [-0.2, -0.15) is 0 Å². The first-order valence-corrected chi connectivity index (χ1v) is 34.4. The van der Waals surface area contributed by atoms with E-state index in [0.717, 1.165) is 122 Å². The fourth-order valence-corrected chi connectivity index (χ4v) is 9.65. The van der Waals surface area contributed by atoms with Crippen LogP contribution in [0.5, 0.6) is 0 Å². The zero-order valence-corrected chi connectivity index (χ0v) is 53.3. The van der Waals surface area contributed by atoms with E-state index in [-0.39, 0.29) is 37.5 Å². The molecular weight excluding hydrogens is 997 g/mol. The van der Waals surface area contributed by atoms with Gasteiger partial charge in [0.2, 0.25) is 0 Å². The summed E-state index contributed by atoms with van der Waals surface area (Å²) < 4.78 is 16.9. The summed E-state index contributed by atoms with van der Waals surface area (Å²) in [6, 6.07) is 0. The lowest BCUT2D eigenvalue weighted by atomic mass is 10.0. The van der Waals surface area contributed by atoms with Gasteiger partial charge in [0.25, 0.3) is 0 Å². The van der Waals surface area contributed by atoms with E-state index in [1.54, 1.807) is 0 Å². The molecule has 0 heterocycles. The minimum absolute atomic E-state index is 0.104. The quantitative estimate of drug-likeness (QED) is 0.0261. The van der Waals surface area contributed by atoms with Gasteiger partial charge in [-0.3, -0.25) is 14.4 Å². The molecule has 0 aliphatic carbocycles. The highest BCUT2D eigenvalue weighted by molar-refractivity contribution is 5.71. The highest BCUT2D eigenvalue weighted by Crippen LogP contribution is 2.17. The third-order valence-corrected chi connectivity index (χ3v) is 14.7. The van der Waals surface area contributed by atoms with E-state index < -0.39 is 6.10 Å². The van der Waals surface area contributed by atoms with Crippen LogP contribution < -0.4 is 0 Å². The second-order valence-corrected chi connectivity index (χ2v) is 22.7. The van der Waals surface area contributed by atoms with Crippen molar-refractivity contribution in [2.45, 2.75) is 335 Å². The number of carbonyl (C=O) groups excluding carboxylic acids is 3. The van der Waals surface area contributed by atoms with E-state index >= 15 is 0 Å². The number of esters is 3. The topological polar surface area (TPSA) is 78.9 Å². The second-order valence-electron chi connectivity index (χ2n) is 22.7. The number of allylic oxidation sites excluding steroid dienone is 18. The predicted molar refractivity (Wildman–Crippen MR) is 353 cm³/mol. The summed E-state index contributed by atoms with van der Waals surface area (Å²) in [5.41, 5.74) is 0. The molecule has 1 atom stereocenters. The molecule has 6 nitrogen and oxygen atoms in total. The van der Waals surface area contributed by atoms with Gasteiger partial charge in [0.1, 0.15) is 13.2 Å². The number of unbranched alkanes of at least 4 members (excludes halogenated alkanes) is 33. The highest BCUT2D eigenvalue weighted by atomic mass is 16.6. The average Bonchev–Trinajstić information content (AvgIpc) is 3.46. The van der Waals surface area contributed by atoms with Gasteiger partial charge in [0, 0.05) is 19.3 Å². The van der Waals surface area contributed by atoms with Crippen LogP contribution in [0.25, 0.3) is 0 Å². The molecule has 0 saturated carbocycles. The van der Waals surface area contributed by atoms with Crippen LogP contribution in [0.4, 0.5) is 0 Å². The number of rotatable bonds is 62. The summed E-state index contributed by atoms with van der Waals surface area (Å²) in [7, 11) is 0. The molecule has 1 unspecified atom stereocenters. The molecule has 0 saturated heterocycles. The molecule has 0 rings (SSSR count). The third kappa shape index (κ3) is 66.8. The molecule has 81 heavy (non-hydrogen) atoms. The van der Waals surface area contributed by atoms with Crippen molar-refractivity contribution in [3.05, 3.63) is 109 Å². The van der Waals surface area contributed by atoms with Crippen molar-refractivity contribution in [1.82, 2.24) is 0 Å². The summed E-state index contributed by atoms with van der Waals surface area (Å²) in [5.74, 6) is -0.969. The van der Waals surface area contributed by atoms with Crippen molar-refractivity contribution in [3.8, 4) is 0 Å². The van der Waals surface area contributed by atoms with Gasteiger partial charge in [-0.1, -0.05) is 323 Å². The van der Waals surface area contributed by atoms with Gasteiger partial charge in [-0.15, -0.1) is 0 Å². The summed E-state index contributed by atoms with van der Waals surface area (Å²) >= 11 is 0. The zero-order valence-electron chi connectivity index (χ0n) is 53.3. The Hall–Kier alpha value is -3.93. The summed E-state index contributed by atoms with van der Waals surface area (Å²) in [6.45, 7) is 6.44. The Balaban J connectivity index is 4.35. The maximum Gasteiger partial charge on any atom is 0.306 e. The van der Waals surface area contributed by atoms with Crippen molar-refractivity contribution in [3.63, 3.8) is 0 Å². The van der Waals surface area contributed by atoms with E-state index in [1.165, 1.54) is 161 Å². The molecule has 0 fully saturated rings. The van der Waals surface area contributed by atoms with Crippen LogP contribution in [0.3, 0.4) is 0 Å². The van der Waals surface area contributed by atoms with E-state index in [9.17, 15) is 14.4 Å². The predicted octanol–water partition coefficient (Wildman–Crippen LogP) is 23.8. The Morgan fingerprint density at radius 1 is 0.259 bits per heavy atom. The average molecular weight is 1130 g/mol. The molecule has 0 spiro atoms. The molecule has 0 aromatic rings. The fourth-order valence-electron chi connectivity index (χ4n) is 9.65. The zero-order chi connectivity index (χ0) is 58.5. The SMILES string of the molecule is CC/C=C\C/C=C\C/C=C\C/C=C\C/C=C\C/C=C\C/C=C\CCCC(=O)OC(COC(=O)CCCCCCC/C=C\C/C=C\CCC)COC(=O)CCCCCCCCCCCCCCCCCCCCCCCCCCCCC. The number of hydrogen-bond donors (Lipinski definition) is 0. The van der Waals surface area contributed by atoms with Crippen molar-refractivity contribution >= 4 is 17.9 Å². The Kier molecular flexibility index (Phi) is 65.2. The Labute approximate surface area is 501 Å². The Bertz CT molecular complexity index is 1620. The largest absolute Gasteiger partial charge is 0.462 e. The molecule has 0 amide bonds. The number of carbonyl (C=O) groups is 3. The van der Waals surface area contributed by atoms with Crippen molar-refractivity contribution < 1.29 is 28.6 Å². The molecule has 0 radical (unpaired) electrons. The van der Waals surface area contributed by atoms with Crippen molar-refractivity contribution in [2.24, 2.45) is 0 Å². The first-order chi connectivity index (χ1) is 40.0. The smallest absolute Gasteiger partial charge is 0.306 e. The van der Waals surface area contributed by atoms with Crippen LogP contribution in [-0.2, 0) is 28.6 Å². The number of ether oxygens (including phenoxy) is 3. The van der Waals surface area contributed by atoms with E-state index in [2.05, 4.69) is 130 Å². The van der Waals surface area contributed by atoms with E-state index in [1.807, 2.05) is 0 Å². The second kappa shape index (κ2) is 68.6. The maximum absolute atomic E-state index is 12.9. The first-order valence-electron chi connectivity index (χ1n) is 34.4. The van der Waals surface area contributed by atoms with Crippen molar-refractivity contribution in [2.75, 3.05) is 13.2 Å². The number of hydrogen-bond acceptors (Lipinski definition) is 6. The minimum atomic E-state index is -0.817. The minimum Gasteiger partial charge on any atom is -0.462 e. The lowest BCUT2D eigenvalue weighted by Gasteiger charge is -2.18. The van der Waals surface area contributed by atoms with Crippen LogP contribution in [-0.4, -0.2) is 37.2 Å². The Morgan fingerprint density at radius 3 is 0.840 bits per heavy atom. The van der Waals surface area contributed by atoms with E-state index in [4.69, 9.17) is 14.2 Å². The van der Waals surface area contributed by atoms with Gasteiger partial charge < -0.3 is 14.2 Å². The molecule has 0 aromatic heterocycles. The monoisotopic (exact) mass is 1120 g/mol. The molecule has 0 aliphatic heterocycles. The van der Waals surface area contributed by atoms with Crippen LogP contribution >= 0.6 is 0 Å². The van der Waals surface area contributed by atoms with Gasteiger partial charge in [-0.05, 0) is 96.3 Å². The first kappa shape index (κ1) is 77.1. The highest BCUT2D eigenvalue weighted by Gasteiger charge is 2.19. The molecule has 0 bridgehead atoms. The normalized spacial score (nSPS) is 12.8. The lowest BCUT2D eigenvalue weighted by molar-refractivity contribution is -0.167. The summed E-state index contributed by atoms with van der Waals surface area (Å²) in [5, 5.41) is 0. The Morgan fingerprint density at radius 2 is 0.519 bits per heavy atom. The van der Waals surface area contributed by atoms with Crippen LogP contribution in [0, 0.1) is 0 Å². The molecular formula is C75H128O6. The van der Waals surface area contributed by atoms with Gasteiger partial charge in [-0.25, -0.2) is 0 Å². The van der Waals surface area contributed by atoms with Gasteiger partial charge >= 0.3 is 17.9 Å². The molecule has 6 heteroatoms. The fraction of sp³-hybridized carbons (Fsp3) is 0.720. The standard InChI is InChI=1S/C75H128O6/c1-4-7-10-13-16-19-22-25-27-29-31-33-35-36-37-38-40-41-43-45-47-50-53-56-59-62-65-68-74(77)80-71-72(70-79-73(76)67-64-61-58-55-52-49-24-21-18-15-12-9-6-3)81-75(78)69-66-63-60-57-54-51-48-46-44-42-39-34-32-30-28-26-23-20-17-14-11-8-5-2/h8,11-12,15,17,20-21,24,26,28,32,34,42,44,48,51,57,60,72H,4-7,9-10,13-14,16,18-19,22-23,25,27,29-31,33,35-41,43,45-47,49-50,52-56,58-59,61-71H2,1-3H3/b11-8-,15-12-,20-17-,24-21-,28-26-,34-32-,44-42-,51-48-,60-57-. The summed E-state index contributed by atoms with van der Waals surface area (Å²) in [6.07, 6.45) is 94.1. The van der Waals surface area contributed by atoms with Gasteiger partial charge in [0.05, 0.1) is 0 Å². The third-order valence-electron chi connectivity index (χ3n) is 14.7. The van der Waals surface area contributed by atoms with E-state index in [0.29, 0.717) is 19.3 Å². The van der Waals surface area contributed by atoms with Crippen molar-refractivity contribution in [1.29, 1.82) is 0 Å². The molecule has 0 N–H and O–H groups in total. The molecule has 0 aliphatic rings. The van der Waals surface area contributed by atoms with Crippen LogP contribution in [0.2, 0.25) is 0 Å². The molecule has 464 valence electrons. The van der Waals surface area contributed by atoms with Gasteiger partial charge in [0.15, 0.2) is 6.10 Å². The molecule has 0 aromatic carbocycles. The van der Waals surface area contributed by atoms with Crippen LogP contribution in [0.1, 0.15) is 329 Å². The van der Waals surface area contributed by atoms with Crippen LogP contribution in [0.15, 0.2) is 109 Å². The summed E-state index contributed by atoms with van der Waals surface area (Å²) in [4.78, 5) is 38.3.